The lowest BCUT2D eigenvalue weighted by atomic mass is 10.1. The smallest absolute Gasteiger partial charge is 0.187 e. The predicted octanol–water partition coefficient (Wildman–Crippen LogP) is 3.14. The number of aromatic nitrogens is 1. The maximum Gasteiger partial charge on any atom is 0.187 e. The minimum absolute atomic E-state index is 0.640. The lowest BCUT2D eigenvalue weighted by Gasteiger charge is -2.05. The van der Waals surface area contributed by atoms with Gasteiger partial charge in [-0.15, -0.1) is 0 Å². The van der Waals surface area contributed by atoms with E-state index in [-0.39, 0.29) is 0 Å². The molecule has 1 heterocycles. The molecule has 0 radical (unpaired) electrons. The number of halogens is 1. The summed E-state index contributed by atoms with van der Waals surface area (Å²) in [4.78, 5) is 7.44. The van der Waals surface area contributed by atoms with Crippen LogP contribution in [0.1, 0.15) is 10.4 Å². The zero-order valence-electron chi connectivity index (χ0n) is 9.77. The quantitative estimate of drug-likeness (QED) is 0.947. The molecule has 0 amide bonds. The molecule has 0 fully saturated rings. The molecule has 1 aromatic heterocycles. The summed E-state index contributed by atoms with van der Waals surface area (Å²) in [5.41, 5.74) is 7.16. The van der Waals surface area contributed by atoms with Crippen molar-refractivity contribution < 1.29 is 0 Å². The van der Waals surface area contributed by atoms with Crippen molar-refractivity contribution in [3.8, 4) is 0 Å². The van der Waals surface area contributed by atoms with Crippen LogP contribution in [0, 0.1) is 0 Å². The minimum Gasteiger partial charge on any atom is -0.383 e. The topological polar surface area (TPSA) is 42.2 Å². The Bertz CT molecular complexity index is 505. The van der Waals surface area contributed by atoms with Crippen LogP contribution < -0.4 is 10.6 Å². The monoisotopic (exact) mass is 311 g/mol. The number of benzene rings is 1. The standard InChI is InChI=1S/C12H14BrN3S/c1-16(2)12-15-11(14)10(17-12)7-8-3-5-9(13)6-4-8/h3-6H,7,14H2,1-2H3. The molecule has 0 bridgehead atoms. The largest absolute Gasteiger partial charge is 0.383 e. The summed E-state index contributed by atoms with van der Waals surface area (Å²) in [6, 6.07) is 8.27. The van der Waals surface area contributed by atoms with Crippen LogP contribution in [0.5, 0.6) is 0 Å². The third kappa shape index (κ3) is 2.98. The maximum absolute atomic E-state index is 5.92. The van der Waals surface area contributed by atoms with Crippen molar-refractivity contribution in [1.82, 2.24) is 4.98 Å². The average molecular weight is 312 g/mol. The van der Waals surface area contributed by atoms with Gasteiger partial charge in [-0.05, 0) is 17.7 Å². The molecule has 0 saturated carbocycles. The third-order valence-electron chi connectivity index (χ3n) is 2.38. The van der Waals surface area contributed by atoms with Crippen molar-refractivity contribution in [2.75, 3.05) is 24.7 Å². The lowest BCUT2D eigenvalue weighted by molar-refractivity contribution is 1.10. The van der Waals surface area contributed by atoms with Crippen molar-refractivity contribution in [3.63, 3.8) is 0 Å². The third-order valence-corrected chi connectivity index (χ3v) is 4.14. The Morgan fingerprint density at radius 2 is 1.94 bits per heavy atom. The first-order valence-electron chi connectivity index (χ1n) is 5.23. The van der Waals surface area contributed by atoms with E-state index in [1.54, 1.807) is 11.3 Å². The van der Waals surface area contributed by atoms with E-state index in [9.17, 15) is 0 Å². The normalized spacial score (nSPS) is 10.5. The van der Waals surface area contributed by atoms with Gasteiger partial charge in [-0.2, -0.15) is 0 Å². The number of hydrogen-bond acceptors (Lipinski definition) is 4. The Morgan fingerprint density at radius 1 is 1.29 bits per heavy atom. The molecule has 0 unspecified atom stereocenters. The summed E-state index contributed by atoms with van der Waals surface area (Å²) in [7, 11) is 3.95. The van der Waals surface area contributed by atoms with E-state index in [1.165, 1.54) is 5.56 Å². The molecule has 2 N–H and O–H groups in total. The van der Waals surface area contributed by atoms with E-state index in [1.807, 2.05) is 31.1 Å². The van der Waals surface area contributed by atoms with E-state index in [2.05, 4.69) is 33.0 Å². The highest BCUT2D eigenvalue weighted by molar-refractivity contribution is 9.10. The Kier molecular flexibility index (Phi) is 3.69. The van der Waals surface area contributed by atoms with Crippen molar-refractivity contribution in [2.45, 2.75) is 6.42 Å². The second kappa shape index (κ2) is 5.06. The van der Waals surface area contributed by atoms with Gasteiger partial charge in [-0.25, -0.2) is 4.98 Å². The Balaban J connectivity index is 2.21. The van der Waals surface area contributed by atoms with Crippen molar-refractivity contribution in [2.24, 2.45) is 0 Å². The summed E-state index contributed by atoms with van der Waals surface area (Å²) in [5.74, 6) is 0.640. The van der Waals surface area contributed by atoms with Crippen LogP contribution in [0.25, 0.3) is 0 Å². The molecule has 0 aliphatic carbocycles. The Labute approximate surface area is 113 Å². The molecule has 3 nitrogen and oxygen atoms in total. The number of rotatable bonds is 3. The van der Waals surface area contributed by atoms with Gasteiger partial charge in [0.2, 0.25) is 0 Å². The summed E-state index contributed by atoms with van der Waals surface area (Å²) in [6.07, 6.45) is 0.838. The molecule has 5 heteroatoms. The van der Waals surface area contributed by atoms with Gasteiger partial charge in [0.05, 0.1) is 4.88 Å². The number of nitrogens with zero attached hydrogens (tertiary/aromatic N) is 2. The number of thiazole rings is 1. The Hall–Kier alpha value is -1.07. The van der Waals surface area contributed by atoms with Gasteiger partial charge in [0.1, 0.15) is 5.82 Å². The van der Waals surface area contributed by atoms with Gasteiger partial charge < -0.3 is 10.6 Å². The highest BCUT2D eigenvalue weighted by atomic mass is 79.9. The Morgan fingerprint density at radius 3 is 2.47 bits per heavy atom. The highest BCUT2D eigenvalue weighted by Crippen LogP contribution is 2.29. The van der Waals surface area contributed by atoms with E-state index in [0.717, 1.165) is 20.9 Å². The zero-order chi connectivity index (χ0) is 12.4. The van der Waals surface area contributed by atoms with Gasteiger partial charge in [0.25, 0.3) is 0 Å². The molecule has 0 spiro atoms. The number of nitrogens with two attached hydrogens (primary N) is 1. The van der Waals surface area contributed by atoms with Crippen LogP contribution >= 0.6 is 27.3 Å². The molecule has 17 heavy (non-hydrogen) atoms. The van der Waals surface area contributed by atoms with Crippen LogP contribution in [0.3, 0.4) is 0 Å². The number of hydrogen-bond donors (Lipinski definition) is 1. The van der Waals surface area contributed by atoms with Crippen LogP contribution in [0.2, 0.25) is 0 Å². The van der Waals surface area contributed by atoms with Crippen molar-refractivity contribution in [3.05, 3.63) is 39.2 Å². The average Bonchev–Trinajstić information content (AvgIpc) is 2.64. The predicted molar refractivity (Wildman–Crippen MR) is 77.8 cm³/mol. The second-order valence-electron chi connectivity index (χ2n) is 4.00. The highest BCUT2D eigenvalue weighted by Gasteiger charge is 2.10. The van der Waals surface area contributed by atoms with E-state index >= 15 is 0 Å². The van der Waals surface area contributed by atoms with E-state index < -0.39 is 0 Å². The maximum atomic E-state index is 5.92. The van der Waals surface area contributed by atoms with Gasteiger partial charge in [-0.1, -0.05) is 39.4 Å². The molecule has 0 saturated heterocycles. The summed E-state index contributed by atoms with van der Waals surface area (Å²) < 4.78 is 1.09. The minimum atomic E-state index is 0.640. The fourth-order valence-electron chi connectivity index (χ4n) is 1.46. The molecule has 0 aliphatic rings. The summed E-state index contributed by atoms with van der Waals surface area (Å²) in [6.45, 7) is 0. The van der Waals surface area contributed by atoms with Crippen LogP contribution in [-0.4, -0.2) is 19.1 Å². The SMILES string of the molecule is CN(C)c1nc(N)c(Cc2ccc(Br)cc2)s1. The van der Waals surface area contributed by atoms with E-state index in [4.69, 9.17) is 5.73 Å². The number of anilines is 2. The van der Waals surface area contributed by atoms with Gasteiger partial charge in [-0.3, -0.25) is 0 Å². The summed E-state index contributed by atoms with van der Waals surface area (Å²) >= 11 is 5.07. The van der Waals surface area contributed by atoms with E-state index in [0.29, 0.717) is 5.82 Å². The molecule has 1 aromatic carbocycles. The first-order valence-corrected chi connectivity index (χ1v) is 6.84. The van der Waals surface area contributed by atoms with Gasteiger partial charge in [0.15, 0.2) is 5.13 Å². The zero-order valence-corrected chi connectivity index (χ0v) is 12.2. The van der Waals surface area contributed by atoms with Crippen molar-refractivity contribution in [1.29, 1.82) is 0 Å². The molecule has 90 valence electrons. The second-order valence-corrected chi connectivity index (χ2v) is 5.98. The van der Waals surface area contributed by atoms with Gasteiger partial charge >= 0.3 is 0 Å². The van der Waals surface area contributed by atoms with Crippen molar-refractivity contribution >= 4 is 38.2 Å². The van der Waals surface area contributed by atoms with Crippen LogP contribution in [-0.2, 0) is 6.42 Å². The fourth-order valence-corrected chi connectivity index (χ4v) is 2.66. The molecule has 2 rings (SSSR count). The first-order chi connectivity index (χ1) is 8.06. The molecule has 0 atom stereocenters. The molecule has 0 aliphatic heterocycles. The molecule has 2 aromatic rings. The van der Waals surface area contributed by atoms with Crippen LogP contribution in [0.15, 0.2) is 28.7 Å². The fraction of sp³-hybridized carbons (Fsp3) is 0.250. The van der Waals surface area contributed by atoms with Gasteiger partial charge in [0, 0.05) is 25.0 Å². The molecular formula is C12H14BrN3S. The molecular weight excluding hydrogens is 298 g/mol. The lowest BCUT2D eigenvalue weighted by Crippen LogP contribution is -2.07. The first kappa shape index (κ1) is 12.4. The summed E-state index contributed by atoms with van der Waals surface area (Å²) in [5, 5.41) is 0.953. The number of nitrogen functional groups attached to an aromatic ring is 1. The van der Waals surface area contributed by atoms with Crippen LogP contribution in [0.4, 0.5) is 10.9 Å².